The third-order valence-corrected chi connectivity index (χ3v) is 8.62. The molecule has 2 aliphatic rings. The van der Waals surface area contributed by atoms with Gasteiger partial charge in [-0.25, -0.2) is 9.59 Å². The lowest BCUT2D eigenvalue weighted by Crippen LogP contribution is -2.33. The highest BCUT2D eigenvalue weighted by Gasteiger charge is 2.31. The van der Waals surface area contributed by atoms with Gasteiger partial charge in [0.05, 0.1) is 24.3 Å². The van der Waals surface area contributed by atoms with Crippen LogP contribution in [-0.2, 0) is 9.47 Å². The average Bonchev–Trinajstić information content (AvgIpc) is 3.40. The Morgan fingerprint density at radius 2 is 1.10 bits per heavy atom. The summed E-state index contributed by atoms with van der Waals surface area (Å²) in [6, 6.07) is 9.21. The van der Waals surface area contributed by atoms with Crippen molar-refractivity contribution in [1.29, 1.82) is 0 Å². The van der Waals surface area contributed by atoms with Gasteiger partial charge in [-0.2, -0.15) is 0 Å². The minimum absolute atomic E-state index is 0. The van der Waals surface area contributed by atoms with E-state index in [4.69, 9.17) is 9.47 Å². The molecule has 40 heavy (non-hydrogen) atoms. The standard InChI is InChI=1S/C32H52N2O4.2ClH/c1-23(2)20-29-16-14-27(33(29)5)12-8-18-37-31(35)25-10-7-11-26(22-25)32(36)38-19-9-13-28-15-17-30(34(28)6)21-24(3)4;;/h7,10-11,22-24,27-30H,8-9,12-21H2,1-6H3;2*1H. The second-order valence-corrected chi connectivity index (χ2v) is 12.5. The lowest BCUT2D eigenvalue weighted by molar-refractivity contribution is 0.0487. The molecule has 0 aromatic heterocycles. The fourth-order valence-electron chi connectivity index (χ4n) is 6.44. The number of hydrogen-bond acceptors (Lipinski definition) is 6. The molecule has 3 rings (SSSR count). The third kappa shape index (κ3) is 11.2. The number of carbonyl (C=O) groups excluding carboxylic acids is 2. The number of halogens is 2. The molecule has 0 radical (unpaired) electrons. The number of likely N-dealkylation sites (tertiary alicyclic amines) is 2. The second kappa shape index (κ2) is 18.3. The Morgan fingerprint density at radius 3 is 1.48 bits per heavy atom. The first-order valence-electron chi connectivity index (χ1n) is 15.0. The van der Waals surface area contributed by atoms with E-state index < -0.39 is 0 Å². The molecule has 2 saturated heterocycles. The van der Waals surface area contributed by atoms with Crippen LogP contribution in [0, 0.1) is 11.8 Å². The van der Waals surface area contributed by atoms with Gasteiger partial charge in [-0.05, 0) is 108 Å². The summed E-state index contributed by atoms with van der Waals surface area (Å²) in [7, 11) is 4.47. The summed E-state index contributed by atoms with van der Waals surface area (Å²) in [5.41, 5.74) is 0.802. The molecule has 2 aliphatic heterocycles. The van der Waals surface area contributed by atoms with Crippen molar-refractivity contribution >= 4 is 36.8 Å². The average molecular weight is 602 g/mol. The van der Waals surface area contributed by atoms with Crippen molar-refractivity contribution < 1.29 is 19.1 Å². The molecule has 1 aromatic rings. The molecule has 0 bridgehead atoms. The predicted octanol–water partition coefficient (Wildman–Crippen LogP) is 7.42. The summed E-state index contributed by atoms with van der Waals surface area (Å²) in [4.78, 5) is 30.2. The Hall–Kier alpha value is -1.34. The molecule has 2 fully saturated rings. The van der Waals surface area contributed by atoms with Crippen molar-refractivity contribution in [3.63, 3.8) is 0 Å². The van der Waals surface area contributed by atoms with Crippen molar-refractivity contribution in [2.24, 2.45) is 11.8 Å². The first kappa shape index (κ1) is 36.7. The van der Waals surface area contributed by atoms with E-state index in [1.165, 1.54) is 38.5 Å². The van der Waals surface area contributed by atoms with Gasteiger partial charge < -0.3 is 19.3 Å². The van der Waals surface area contributed by atoms with Crippen molar-refractivity contribution in [3.05, 3.63) is 35.4 Å². The zero-order chi connectivity index (χ0) is 27.7. The summed E-state index contributed by atoms with van der Waals surface area (Å²) in [5.74, 6) is 0.683. The van der Waals surface area contributed by atoms with Crippen LogP contribution in [0.15, 0.2) is 24.3 Å². The number of nitrogens with zero attached hydrogens (tertiary/aromatic N) is 2. The lowest BCUT2D eigenvalue weighted by atomic mass is 10.0. The first-order valence-corrected chi connectivity index (χ1v) is 15.0. The minimum atomic E-state index is -0.377. The van der Waals surface area contributed by atoms with E-state index in [0.717, 1.165) is 37.5 Å². The summed E-state index contributed by atoms with van der Waals surface area (Å²) in [6.45, 7) is 9.95. The topological polar surface area (TPSA) is 59.1 Å². The maximum atomic E-state index is 12.6. The smallest absolute Gasteiger partial charge is 0.338 e. The van der Waals surface area contributed by atoms with Crippen molar-refractivity contribution in [3.8, 4) is 0 Å². The number of esters is 2. The fraction of sp³-hybridized carbons (Fsp3) is 0.750. The van der Waals surface area contributed by atoms with E-state index in [-0.39, 0.29) is 36.8 Å². The van der Waals surface area contributed by atoms with E-state index in [9.17, 15) is 9.59 Å². The van der Waals surface area contributed by atoms with Gasteiger partial charge in [-0.3, -0.25) is 0 Å². The Morgan fingerprint density at radius 1 is 0.725 bits per heavy atom. The molecule has 0 spiro atoms. The predicted molar refractivity (Wildman–Crippen MR) is 168 cm³/mol. The summed E-state index contributed by atoms with van der Waals surface area (Å²) in [6.07, 6.45) is 11.3. The van der Waals surface area contributed by atoms with Gasteiger partial charge in [0.15, 0.2) is 0 Å². The van der Waals surface area contributed by atoms with E-state index in [1.54, 1.807) is 24.3 Å². The van der Waals surface area contributed by atoms with Gasteiger partial charge in [0, 0.05) is 24.2 Å². The number of benzene rings is 1. The Balaban J connectivity index is 0.00000400. The van der Waals surface area contributed by atoms with Gasteiger partial charge in [0.25, 0.3) is 0 Å². The number of rotatable bonds is 14. The molecule has 2 heterocycles. The molecule has 0 aliphatic carbocycles. The van der Waals surface area contributed by atoms with Crippen LogP contribution in [0.3, 0.4) is 0 Å². The number of hydrogen-bond donors (Lipinski definition) is 0. The number of ether oxygens (including phenoxy) is 2. The molecule has 0 saturated carbocycles. The summed E-state index contributed by atoms with van der Waals surface area (Å²) >= 11 is 0. The summed E-state index contributed by atoms with van der Waals surface area (Å²) in [5, 5.41) is 0. The highest BCUT2D eigenvalue weighted by Crippen LogP contribution is 2.30. The molecule has 4 unspecified atom stereocenters. The Bertz CT molecular complexity index is 830. The van der Waals surface area contributed by atoms with Gasteiger partial charge >= 0.3 is 11.9 Å². The Kier molecular flexibility index (Phi) is 16.7. The SMILES string of the molecule is CC(C)CC1CCC(CCCOC(=O)c2cccc(C(=O)OCCCC3CCC(CC(C)C)N3C)c2)N1C.Cl.Cl. The molecule has 1 aromatic carbocycles. The quantitative estimate of drug-likeness (QED) is 0.163. The maximum Gasteiger partial charge on any atom is 0.338 e. The van der Waals surface area contributed by atoms with Crippen LogP contribution in [-0.4, -0.2) is 73.2 Å². The summed E-state index contributed by atoms with van der Waals surface area (Å²) < 4.78 is 11.1. The van der Waals surface area contributed by atoms with Gasteiger partial charge in [0.1, 0.15) is 0 Å². The van der Waals surface area contributed by atoms with Crippen LogP contribution in [0.25, 0.3) is 0 Å². The van der Waals surface area contributed by atoms with E-state index in [2.05, 4.69) is 51.6 Å². The first-order chi connectivity index (χ1) is 18.2. The van der Waals surface area contributed by atoms with Crippen LogP contribution in [0.1, 0.15) is 113 Å². The molecule has 230 valence electrons. The lowest BCUT2D eigenvalue weighted by Gasteiger charge is -2.27. The third-order valence-electron chi connectivity index (χ3n) is 8.62. The van der Waals surface area contributed by atoms with Gasteiger partial charge in [-0.1, -0.05) is 33.8 Å². The number of carbonyl (C=O) groups is 2. The van der Waals surface area contributed by atoms with Crippen molar-refractivity contribution in [2.75, 3.05) is 27.3 Å². The van der Waals surface area contributed by atoms with Crippen LogP contribution in [0.5, 0.6) is 0 Å². The molecule has 4 atom stereocenters. The molecule has 0 amide bonds. The van der Waals surface area contributed by atoms with Gasteiger partial charge in [-0.15, -0.1) is 24.8 Å². The molecule has 6 nitrogen and oxygen atoms in total. The van der Waals surface area contributed by atoms with Crippen LogP contribution in [0.2, 0.25) is 0 Å². The zero-order valence-corrected chi connectivity index (χ0v) is 27.2. The minimum Gasteiger partial charge on any atom is -0.462 e. The molecule has 8 heteroatoms. The van der Waals surface area contributed by atoms with E-state index in [1.807, 2.05) is 0 Å². The monoisotopic (exact) mass is 600 g/mol. The highest BCUT2D eigenvalue weighted by molar-refractivity contribution is 5.95. The van der Waals surface area contributed by atoms with E-state index >= 15 is 0 Å². The van der Waals surface area contributed by atoms with Crippen molar-refractivity contribution in [2.45, 2.75) is 116 Å². The zero-order valence-electron chi connectivity index (χ0n) is 25.6. The van der Waals surface area contributed by atoms with Crippen LogP contribution in [0.4, 0.5) is 0 Å². The normalized spacial score (nSPS) is 23.2. The maximum absolute atomic E-state index is 12.6. The Labute approximate surface area is 255 Å². The largest absolute Gasteiger partial charge is 0.462 e. The molecule has 0 N–H and O–H groups in total. The van der Waals surface area contributed by atoms with Crippen molar-refractivity contribution in [1.82, 2.24) is 9.80 Å². The second-order valence-electron chi connectivity index (χ2n) is 12.5. The van der Waals surface area contributed by atoms with Crippen LogP contribution < -0.4 is 0 Å². The highest BCUT2D eigenvalue weighted by atomic mass is 35.5. The fourth-order valence-corrected chi connectivity index (χ4v) is 6.44. The molecular formula is C32H54Cl2N2O4. The van der Waals surface area contributed by atoms with Crippen LogP contribution >= 0.6 is 24.8 Å². The van der Waals surface area contributed by atoms with Gasteiger partial charge in [0.2, 0.25) is 0 Å². The molecular weight excluding hydrogens is 547 g/mol. The van der Waals surface area contributed by atoms with E-state index in [0.29, 0.717) is 48.5 Å².